The van der Waals surface area contributed by atoms with Crippen LogP contribution in [0.1, 0.15) is 18.4 Å². The van der Waals surface area contributed by atoms with Gasteiger partial charge in [-0.3, -0.25) is 14.4 Å². The van der Waals surface area contributed by atoms with Crippen molar-refractivity contribution in [1.82, 2.24) is 10.8 Å². The largest absolute Gasteiger partial charge is 0.497 e. The second-order valence-corrected chi connectivity index (χ2v) is 5.86. The van der Waals surface area contributed by atoms with Gasteiger partial charge in [-0.25, -0.2) is 5.48 Å². The number of ether oxygens (including phenoxy) is 1. The number of rotatable bonds is 10. The van der Waals surface area contributed by atoms with Crippen molar-refractivity contribution in [3.05, 3.63) is 52.1 Å². The normalized spacial score (nSPS) is 11.5. The maximum Gasteiger partial charge on any atom is 0.294 e. The van der Waals surface area contributed by atoms with E-state index in [9.17, 15) is 19.7 Å². The van der Waals surface area contributed by atoms with Crippen LogP contribution < -0.4 is 15.5 Å². The Morgan fingerprint density at radius 2 is 1.89 bits per heavy atom. The molecule has 28 heavy (non-hydrogen) atoms. The van der Waals surface area contributed by atoms with E-state index >= 15 is 0 Å². The van der Waals surface area contributed by atoms with E-state index in [-0.39, 0.29) is 13.2 Å². The second-order valence-electron chi connectivity index (χ2n) is 5.86. The maximum absolute atomic E-state index is 12.2. The standard InChI is InChI=1S/C18H21N3O7/c1-12(13-3-4-15-10-16(26-2)6-5-14(15)9-13)18(23)20-27-11-17(22)19-7-8-28-21(24)25/h3-6,9-10,12H,7-8,11H2,1-2H3,(H,19,22)(H,20,23)/t12-/m0/s1. The van der Waals surface area contributed by atoms with Crippen molar-refractivity contribution in [1.29, 1.82) is 0 Å². The number of fused-ring (bicyclic) bond motifs is 1. The van der Waals surface area contributed by atoms with Gasteiger partial charge in [-0.15, -0.1) is 10.1 Å². The van der Waals surface area contributed by atoms with Gasteiger partial charge in [-0.05, 0) is 35.4 Å². The fraction of sp³-hybridized carbons (Fsp3) is 0.333. The lowest BCUT2D eigenvalue weighted by molar-refractivity contribution is -0.757. The number of methoxy groups -OCH3 is 1. The smallest absolute Gasteiger partial charge is 0.294 e. The van der Waals surface area contributed by atoms with Gasteiger partial charge in [0.2, 0.25) is 5.91 Å². The molecule has 2 amide bonds. The maximum atomic E-state index is 12.2. The van der Waals surface area contributed by atoms with Gasteiger partial charge in [0, 0.05) is 6.54 Å². The molecule has 0 heterocycles. The lowest BCUT2D eigenvalue weighted by Gasteiger charge is -2.13. The first-order chi connectivity index (χ1) is 13.4. The van der Waals surface area contributed by atoms with Gasteiger partial charge < -0.3 is 14.9 Å². The van der Waals surface area contributed by atoms with Gasteiger partial charge in [0.1, 0.15) is 12.4 Å². The van der Waals surface area contributed by atoms with Crippen molar-refractivity contribution >= 4 is 22.6 Å². The number of hydroxylamine groups is 1. The quantitative estimate of drug-likeness (QED) is 0.355. The Bertz CT molecular complexity index is 856. The van der Waals surface area contributed by atoms with Crippen LogP contribution in [0.3, 0.4) is 0 Å². The van der Waals surface area contributed by atoms with E-state index in [2.05, 4.69) is 15.6 Å². The summed E-state index contributed by atoms with van der Waals surface area (Å²) >= 11 is 0. The van der Waals surface area contributed by atoms with Crippen molar-refractivity contribution < 1.29 is 29.1 Å². The number of amides is 2. The summed E-state index contributed by atoms with van der Waals surface area (Å²) in [5, 5.41) is 13.3. The Morgan fingerprint density at radius 3 is 2.61 bits per heavy atom. The number of carbonyl (C=O) groups is 2. The average molecular weight is 391 g/mol. The fourth-order valence-corrected chi connectivity index (χ4v) is 2.41. The van der Waals surface area contributed by atoms with Gasteiger partial charge >= 0.3 is 0 Å². The van der Waals surface area contributed by atoms with Gasteiger partial charge in [0.15, 0.2) is 6.61 Å². The Hall–Kier alpha value is -3.40. The van der Waals surface area contributed by atoms with Crippen LogP contribution in [0.15, 0.2) is 36.4 Å². The summed E-state index contributed by atoms with van der Waals surface area (Å²) in [4.78, 5) is 42.6. The zero-order chi connectivity index (χ0) is 20.5. The van der Waals surface area contributed by atoms with Gasteiger partial charge in [0.25, 0.3) is 11.0 Å². The van der Waals surface area contributed by atoms with E-state index in [0.717, 1.165) is 22.1 Å². The highest BCUT2D eigenvalue weighted by Crippen LogP contribution is 2.25. The molecule has 2 aromatic carbocycles. The number of nitrogens with one attached hydrogen (secondary N) is 2. The summed E-state index contributed by atoms with van der Waals surface area (Å²) < 4.78 is 5.19. The number of hydrogen-bond donors (Lipinski definition) is 2. The molecule has 2 rings (SSSR count). The van der Waals surface area contributed by atoms with Gasteiger partial charge in [0.05, 0.1) is 13.0 Å². The molecule has 2 aromatic rings. The summed E-state index contributed by atoms with van der Waals surface area (Å²) in [5.41, 5.74) is 3.02. The van der Waals surface area contributed by atoms with Crippen molar-refractivity contribution in [3.8, 4) is 5.75 Å². The molecule has 0 saturated heterocycles. The molecule has 1 atom stereocenters. The molecule has 10 heteroatoms. The molecule has 0 bridgehead atoms. The molecule has 0 aliphatic heterocycles. The van der Waals surface area contributed by atoms with Gasteiger partial charge in [-0.2, -0.15) is 0 Å². The van der Waals surface area contributed by atoms with Gasteiger partial charge in [-0.1, -0.05) is 24.3 Å². The molecule has 0 radical (unpaired) electrons. The highest BCUT2D eigenvalue weighted by atomic mass is 16.9. The molecule has 0 spiro atoms. The molecular weight excluding hydrogens is 370 g/mol. The van der Waals surface area contributed by atoms with Crippen LogP contribution in [-0.4, -0.2) is 43.8 Å². The van der Waals surface area contributed by atoms with E-state index in [1.54, 1.807) is 14.0 Å². The number of carbonyl (C=O) groups excluding carboxylic acids is 2. The van der Waals surface area contributed by atoms with E-state index in [1.165, 1.54) is 0 Å². The molecule has 0 unspecified atom stereocenters. The van der Waals surface area contributed by atoms with E-state index in [1.807, 2.05) is 36.4 Å². The monoisotopic (exact) mass is 391 g/mol. The average Bonchev–Trinajstić information content (AvgIpc) is 2.69. The molecule has 0 aliphatic carbocycles. The van der Waals surface area contributed by atoms with Crippen LogP contribution in [0, 0.1) is 10.1 Å². The summed E-state index contributed by atoms with van der Waals surface area (Å²) in [6, 6.07) is 11.3. The SMILES string of the molecule is COc1ccc2cc([C@H](C)C(=O)NOCC(=O)NCCO[N+](=O)[O-])ccc2c1. The molecule has 0 fully saturated rings. The second kappa shape index (κ2) is 10.1. The topological polar surface area (TPSA) is 129 Å². The first kappa shape index (κ1) is 20.9. The minimum Gasteiger partial charge on any atom is -0.497 e. The molecule has 2 N–H and O–H groups in total. The van der Waals surface area contributed by atoms with E-state index < -0.39 is 29.4 Å². The van der Waals surface area contributed by atoms with Crippen LogP contribution in [0.5, 0.6) is 5.75 Å². The van der Waals surface area contributed by atoms with Crippen LogP contribution >= 0.6 is 0 Å². The molecule has 150 valence electrons. The summed E-state index contributed by atoms with van der Waals surface area (Å²) in [6.07, 6.45) is 0. The number of benzene rings is 2. The molecule has 0 aliphatic rings. The Labute approximate surface area is 160 Å². The zero-order valence-corrected chi connectivity index (χ0v) is 15.5. The summed E-state index contributed by atoms with van der Waals surface area (Å²) in [6.45, 7) is 0.984. The Balaban J connectivity index is 1.81. The van der Waals surface area contributed by atoms with Crippen LogP contribution in [-0.2, 0) is 19.3 Å². The molecule has 10 nitrogen and oxygen atoms in total. The minimum absolute atomic E-state index is 0.0462. The number of hydrogen-bond acceptors (Lipinski definition) is 7. The third-order valence-electron chi connectivity index (χ3n) is 3.96. The third-order valence-corrected chi connectivity index (χ3v) is 3.96. The lowest BCUT2D eigenvalue weighted by atomic mass is 9.97. The van der Waals surface area contributed by atoms with Crippen molar-refractivity contribution in [3.63, 3.8) is 0 Å². The van der Waals surface area contributed by atoms with Crippen LogP contribution in [0.4, 0.5) is 0 Å². The lowest BCUT2D eigenvalue weighted by Crippen LogP contribution is -2.36. The highest BCUT2D eigenvalue weighted by Gasteiger charge is 2.16. The van der Waals surface area contributed by atoms with E-state index in [0.29, 0.717) is 0 Å². The highest BCUT2D eigenvalue weighted by molar-refractivity contribution is 5.88. The van der Waals surface area contributed by atoms with Crippen LogP contribution in [0.2, 0.25) is 0 Å². The number of nitrogens with zero attached hydrogens (tertiary/aromatic N) is 1. The van der Waals surface area contributed by atoms with Crippen molar-refractivity contribution in [2.45, 2.75) is 12.8 Å². The molecule has 0 saturated carbocycles. The van der Waals surface area contributed by atoms with E-state index in [4.69, 9.17) is 9.57 Å². The predicted molar refractivity (Wildman–Crippen MR) is 99.0 cm³/mol. The van der Waals surface area contributed by atoms with Crippen molar-refractivity contribution in [2.75, 3.05) is 26.9 Å². The van der Waals surface area contributed by atoms with Crippen molar-refractivity contribution in [2.24, 2.45) is 0 Å². The summed E-state index contributed by atoms with van der Waals surface area (Å²) in [7, 11) is 1.60. The predicted octanol–water partition coefficient (Wildman–Crippen LogP) is 1.32. The minimum atomic E-state index is -0.951. The first-order valence-electron chi connectivity index (χ1n) is 8.44. The Morgan fingerprint density at radius 1 is 1.18 bits per heavy atom. The van der Waals surface area contributed by atoms with Crippen LogP contribution in [0.25, 0.3) is 10.8 Å². The molecule has 0 aromatic heterocycles. The fourth-order valence-electron chi connectivity index (χ4n) is 2.41. The zero-order valence-electron chi connectivity index (χ0n) is 15.5. The Kier molecular flexibility index (Phi) is 7.52. The molecular formula is C18H21N3O7. The third kappa shape index (κ3) is 6.09. The first-order valence-corrected chi connectivity index (χ1v) is 8.44. The summed E-state index contributed by atoms with van der Waals surface area (Å²) in [5.74, 6) is -0.692.